The number of hydrogen-bond donors (Lipinski definition) is 1. The van der Waals surface area contributed by atoms with E-state index in [9.17, 15) is 14.7 Å². The fraction of sp³-hybridized carbons (Fsp3) is 0.714. The van der Waals surface area contributed by atoms with Crippen LogP contribution in [-0.4, -0.2) is 34.5 Å². The average Bonchev–Trinajstić information content (AvgIpc) is 3.23. The molecule has 4 nitrogen and oxygen atoms in total. The average molecular weight is 342 g/mol. The van der Waals surface area contributed by atoms with Crippen LogP contribution >= 0.6 is 0 Å². The summed E-state index contributed by atoms with van der Waals surface area (Å²) in [7, 11) is 0. The number of Topliss-reactive ketones (excluding diaryl/α,β-unsaturated/α-hetero) is 1. The highest BCUT2D eigenvalue weighted by Gasteiger charge is 2.81. The van der Waals surface area contributed by atoms with Gasteiger partial charge in [0.05, 0.1) is 12.2 Å². The van der Waals surface area contributed by atoms with Gasteiger partial charge in [-0.3, -0.25) is 9.59 Å². The molecule has 5 rings (SSSR count). The maximum absolute atomic E-state index is 12.4. The smallest absolute Gasteiger partial charge is 0.164 e. The summed E-state index contributed by atoms with van der Waals surface area (Å²) in [6, 6.07) is 0. The van der Waals surface area contributed by atoms with Crippen molar-refractivity contribution in [2.75, 3.05) is 0 Å². The summed E-state index contributed by atoms with van der Waals surface area (Å²) in [5.74, 6) is 1.21. The van der Waals surface area contributed by atoms with Crippen molar-refractivity contribution in [3.8, 4) is 0 Å². The van der Waals surface area contributed by atoms with Gasteiger partial charge in [0, 0.05) is 11.8 Å². The quantitative estimate of drug-likeness (QED) is 0.744. The molecule has 1 saturated heterocycles. The van der Waals surface area contributed by atoms with E-state index in [-0.39, 0.29) is 29.0 Å². The molecule has 0 aromatic carbocycles. The predicted octanol–water partition coefficient (Wildman–Crippen LogP) is 2.60. The summed E-state index contributed by atoms with van der Waals surface area (Å²) in [6.45, 7) is 5.94. The highest BCUT2D eigenvalue weighted by Crippen LogP contribution is 2.72. The minimum Gasteiger partial charge on any atom is -0.392 e. The van der Waals surface area contributed by atoms with Gasteiger partial charge in [0.25, 0.3) is 0 Å². The van der Waals surface area contributed by atoms with Gasteiger partial charge in [-0.2, -0.15) is 0 Å². The summed E-state index contributed by atoms with van der Waals surface area (Å²) < 4.78 is 5.88. The Bertz CT molecular complexity index is 751. The molecule has 25 heavy (non-hydrogen) atoms. The monoisotopic (exact) mass is 342 g/mol. The van der Waals surface area contributed by atoms with E-state index >= 15 is 0 Å². The lowest BCUT2D eigenvalue weighted by Gasteiger charge is -2.58. The Morgan fingerprint density at radius 1 is 1.28 bits per heavy atom. The van der Waals surface area contributed by atoms with Crippen LogP contribution in [0.5, 0.6) is 0 Å². The van der Waals surface area contributed by atoms with Gasteiger partial charge in [-0.1, -0.05) is 26.0 Å². The molecule has 0 radical (unpaired) electrons. The van der Waals surface area contributed by atoms with Crippen LogP contribution in [0.1, 0.15) is 46.5 Å². The zero-order chi connectivity index (χ0) is 17.8. The minimum absolute atomic E-state index is 0.0283. The number of carbonyl (C=O) groups excluding carboxylic acids is 2. The fourth-order valence-electron chi connectivity index (χ4n) is 7.04. The van der Waals surface area contributed by atoms with E-state index in [1.165, 1.54) is 0 Å². The van der Waals surface area contributed by atoms with Gasteiger partial charge in [-0.25, -0.2) is 0 Å². The minimum atomic E-state index is -0.768. The van der Waals surface area contributed by atoms with Crippen molar-refractivity contribution in [2.45, 2.75) is 64.3 Å². The van der Waals surface area contributed by atoms with Gasteiger partial charge < -0.3 is 9.84 Å². The number of aliphatic hydroxyl groups excluding tert-OH is 1. The summed E-state index contributed by atoms with van der Waals surface area (Å²) in [4.78, 5) is 24.3. The van der Waals surface area contributed by atoms with Crippen LogP contribution in [0, 0.1) is 28.6 Å². The Balaban J connectivity index is 1.60. The molecule has 2 saturated carbocycles. The summed E-state index contributed by atoms with van der Waals surface area (Å²) in [5, 5.41) is 11.2. The van der Waals surface area contributed by atoms with Crippen LogP contribution in [0.2, 0.25) is 0 Å². The number of rotatable bonds is 1. The van der Waals surface area contributed by atoms with Gasteiger partial charge in [-0.05, 0) is 61.0 Å². The molecule has 4 aliphatic carbocycles. The molecule has 0 spiro atoms. The molecule has 8 atom stereocenters. The summed E-state index contributed by atoms with van der Waals surface area (Å²) in [5.41, 5.74) is -0.194. The molecule has 0 bridgehead atoms. The number of ether oxygens (including phenoxy) is 1. The van der Waals surface area contributed by atoms with Crippen LogP contribution in [-0.2, 0) is 14.3 Å². The van der Waals surface area contributed by atoms with E-state index in [1.54, 1.807) is 6.92 Å². The van der Waals surface area contributed by atoms with Crippen molar-refractivity contribution in [3.05, 3.63) is 23.8 Å². The van der Waals surface area contributed by atoms with E-state index in [0.717, 1.165) is 18.4 Å². The van der Waals surface area contributed by atoms with Crippen molar-refractivity contribution in [1.82, 2.24) is 0 Å². The third-order valence-corrected chi connectivity index (χ3v) is 8.57. The Labute approximate surface area is 148 Å². The van der Waals surface area contributed by atoms with Gasteiger partial charge in [0.1, 0.15) is 0 Å². The van der Waals surface area contributed by atoms with Gasteiger partial charge in [0.15, 0.2) is 17.2 Å². The van der Waals surface area contributed by atoms with Gasteiger partial charge in [0.2, 0.25) is 0 Å². The Kier molecular flexibility index (Phi) is 2.89. The van der Waals surface area contributed by atoms with Crippen molar-refractivity contribution in [1.29, 1.82) is 0 Å². The van der Waals surface area contributed by atoms with Crippen molar-refractivity contribution >= 4 is 11.6 Å². The normalized spacial score (nSPS) is 55.6. The predicted molar refractivity (Wildman–Crippen MR) is 91.7 cm³/mol. The van der Waals surface area contributed by atoms with E-state index in [4.69, 9.17) is 4.74 Å². The molecule has 0 aromatic heterocycles. The Morgan fingerprint density at radius 3 is 2.76 bits per heavy atom. The first-order valence-electron chi connectivity index (χ1n) is 9.55. The lowest BCUT2D eigenvalue weighted by Crippen LogP contribution is -2.60. The van der Waals surface area contributed by atoms with E-state index < -0.39 is 17.1 Å². The van der Waals surface area contributed by atoms with Crippen LogP contribution in [0.15, 0.2) is 23.8 Å². The summed E-state index contributed by atoms with van der Waals surface area (Å²) in [6.07, 6.45) is 8.61. The second kappa shape index (κ2) is 4.52. The van der Waals surface area contributed by atoms with E-state index in [1.807, 2.05) is 6.08 Å². The number of epoxide rings is 1. The number of fused-ring (bicyclic) bond motifs is 7. The molecule has 1 N–H and O–H groups in total. The molecule has 0 aromatic rings. The first-order valence-corrected chi connectivity index (χ1v) is 9.55. The maximum atomic E-state index is 12.4. The molecule has 0 amide bonds. The van der Waals surface area contributed by atoms with Crippen molar-refractivity contribution in [3.63, 3.8) is 0 Å². The maximum Gasteiger partial charge on any atom is 0.164 e. The molecule has 4 heteroatoms. The SMILES string of the molecule is CC(=O)[C@@]12O[C@@H]1C[C@H]1[C@@H]3C=CC4=CC(=O)CC[C@]4(C)[C@H]3C[C@@H](O)[C@@]12C. The topological polar surface area (TPSA) is 66.9 Å². The third-order valence-electron chi connectivity index (χ3n) is 8.57. The molecular weight excluding hydrogens is 316 g/mol. The number of aliphatic hydroxyl groups is 1. The standard InChI is InChI=1S/C21H26O4/c1-11(22)21-18(25-21)10-16-14-5-4-12-8-13(23)6-7-19(12,2)15(14)9-17(24)20(16,21)3/h4-5,8,14-18,24H,6-7,9-10H2,1-3H3/t14-,15+,16+,17-,18-,19+,20-,21-/m1/s1. The van der Waals surface area contributed by atoms with Crippen molar-refractivity contribution < 1.29 is 19.4 Å². The van der Waals surface area contributed by atoms with Crippen molar-refractivity contribution in [2.24, 2.45) is 28.6 Å². The number of hydrogen-bond acceptors (Lipinski definition) is 4. The highest BCUT2D eigenvalue weighted by molar-refractivity contribution is 5.92. The third kappa shape index (κ3) is 1.62. The Hall–Kier alpha value is -1.26. The van der Waals surface area contributed by atoms with E-state index in [0.29, 0.717) is 24.7 Å². The zero-order valence-corrected chi connectivity index (χ0v) is 15.1. The highest BCUT2D eigenvalue weighted by atomic mass is 16.6. The van der Waals surface area contributed by atoms with Gasteiger partial charge in [-0.15, -0.1) is 0 Å². The first-order chi connectivity index (χ1) is 11.7. The van der Waals surface area contributed by atoms with E-state index in [2.05, 4.69) is 26.0 Å². The first kappa shape index (κ1) is 16.0. The zero-order valence-electron chi connectivity index (χ0n) is 15.1. The molecule has 5 aliphatic rings. The van der Waals surface area contributed by atoms with Crippen LogP contribution < -0.4 is 0 Å². The molecule has 0 unspecified atom stereocenters. The second-order valence-electron chi connectivity index (χ2n) is 9.30. The Morgan fingerprint density at radius 2 is 2.04 bits per heavy atom. The van der Waals surface area contributed by atoms with Crippen LogP contribution in [0.25, 0.3) is 0 Å². The lowest BCUT2D eigenvalue weighted by molar-refractivity contribution is -0.156. The molecule has 1 aliphatic heterocycles. The fourth-order valence-corrected chi connectivity index (χ4v) is 7.04. The largest absolute Gasteiger partial charge is 0.392 e. The molecular formula is C21H26O4. The number of allylic oxidation sites excluding steroid dienone is 4. The van der Waals surface area contributed by atoms with Crippen LogP contribution in [0.3, 0.4) is 0 Å². The molecule has 3 fully saturated rings. The molecule has 134 valence electrons. The summed E-state index contributed by atoms with van der Waals surface area (Å²) >= 11 is 0. The second-order valence-corrected chi connectivity index (χ2v) is 9.30. The van der Waals surface area contributed by atoms with Gasteiger partial charge >= 0.3 is 0 Å². The number of ketones is 2. The van der Waals surface area contributed by atoms with Crippen LogP contribution in [0.4, 0.5) is 0 Å². The molecule has 1 heterocycles. The number of carbonyl (C=O) groups is 2. The lowest BCUT2D eigenvalue weighted by atomic mass is 9.47.